The van der Waals surface area contributed by atoms with Crippen molar-refractivity contribution >= 4 is 5.91 Å². The highest BCUT2D eigenvalue weighted by Gasteiger charge is 2.16. The number of nitrogens with zero attached hydrogens (tertiary/aromatic N) is 2. The summed E-state index contributed by atoms with van der Waals surface area (Å²) in [6.07, 6.45) is 4.57. The molecule has 0 saturated carbocycles. The van der Waals surface area contributed by atoms with Gasteiger partial charge in [-0.1, -0.05) is 6.07 Å². The largest absolute Gasteiger partial charge is 0.340 e. The maximum atomic E-state index is 11.9. The van der Waals surface area contributed by atoms with Crippen molar-refractivity contribution in [2.45, 2.75) is 13.0 Å². The Labute approximate surface area is 95.9 Å². The Morgan fingerprint density at radius 3 is 2.56 bits per heavy atom. The normalized spacial score (nSPS) is 16.1. The lowest BCUT2D eigenvalue weighted by molar-refractivity contribution is -0.695. The van der Waals surface area contributed by atoms with Crippen LogP contribution >= 0.6 is 0 Å². The molecule has 1 N–H and O–H groups in total. The molecule has 1 aliphatic heterocycles. The molecule has 16 heavy (non-hydrogen) atoms. The molecule has 2 heterocycles. The summed E-state index contributed by atoms with van der Waals surface area (Å²) in [4.78, 5) is 13.8. The van der Waals surface area contributed by atoms with Gasteiger partial charge in [0, 0.05) is 38.3 Å². The lowest BCUT2D eigenvalue weighted by Crippen LogP contribution is -2.47. The zero-order valence-electron chi connectivity index (χ0n) is 9.43. The minimum Gasteiger partial charge on any atom is -0.340 e. The van der Waals surface area contributed by atoms with Crippen LogP contribution in [0.3, 0.4) is 0 Å². The number of aryl methyl sites for hydroxylation is 1. The topological polar surface area (TPSA) is 36.2 Å². The molecule has 1 aromatic rings. The predicted molar refractivity (Wildman–Crippen MR) is 60.7 cm³/mol. The van der Waals surface area contributed by atoms with Crippen LogP contribution in [-0.4, -0.2) is 37.0 Å². The van der Waals surface area contributed by atoms with Crippen molar-refractivity contribution in [2.24, 2.45) is 0 Å². The highest BCUT2D eigenvalue weighted by atomic mass is 16.2. The minimum absolute atomic E-state index is 0.262. The monoisotopic (exact) mass is 220 g/mol. The molecule has 4 heteroatoms. The van der Waals surface area contributed by atoms with Gasteiger partial charge in [0.2, 0.25) is 5.91 Å². The van der Waals surface area contributed by atoms with E-state index in [2.05, 4.69) is 5.32 Å². The van der Waals surface area contributed by atoms with Crippen LogP contribution in [0.25, 0.3) is 0 Å². The van der Waals surface area contributed by atoms with E-state index in [1.54, 1.807) is 0 Å². The zero-order chi connectivity index (χ0) is 11.2. The van der Waals surface area contributed by atoms with Crippen molar-refractivity contribution in [3.05, 3.63) is 30.6 Å². The Morgan fingerprint density at radius 1 is 1.19 bits per heavy atom. The van der Waals surface area contributed by atoms with Crippen LogP contribution in [-0.2, 0) is 11.3 Å². The number of carbonyl (C=O) groups is 1. The van der Waals surface area contributed by atoms with E-state index in [9.17, 15) is 4.79 Å². The van der Waals surface area contributed by atoms with Crippen LogP contribution in [0.2, 0.25) is 0 Å². The minimum atomic E-state index is 0.262. The second kappa shape index (κ2) is 5.61. The van der Waals surface area contributed by atoms with Crippen molar-refractivity contribution in [1.29, 1.82) is 0 Å². The van der Waals surface area contributed by atoms with Crippen LogP contribution in [0.4, 0.5) is 0 Å². The van der Waals surface area contributed by atoms with Gasteiger partial charge in [0.05, 0.1) is 6.42 Å². The molecular weight excluding hydrogens is 202 g/mol. The Bertz CT molecular complexity index is 333. The first-order valence-electron chi connectivity index (χ1n) is 5.79. The van der Waals surface area contributed by atoms with Crippen molar-refractivity contribution in [2.75, 3.05) is 26.2 Å². The highest BCUT2D eigenvalue weighted by molar-refractivity contribution is 5.76. The first kappa shape index (κ1) is 11.1. The van der Waals surface area contributed by atoms with E-state index in [4.69, 9.17) is 0 Å². The van der Waals surface area contributed by atoms with Gasteiger partial charge in [-0.15, -0.1) is 0 Å². The van der Waals surface area contributed by atoms with Gasteiger partial charge in [-0.05, 0) is 0 Å². The number of rotatable bonds is 3. The first-order chi connectivity index (χ1) is 7.86. The van der Waals surface area contributed by atoms with Crippen LogP contribution in [0, 0.1) is 0 Å². The average Bonchev–Trinajstić information content (AvgIpc) is 2.38. The molecule has 86 valence electrons. The van der Waals surface area contributed by atoms with E-state index in [1.807, 2.05) is 40.1 Å². The molecule has 0 aromatic carbocycles. The molecule has 1 aliphatic rings. The average molecular weight is 220 g/mol. The van der Waals surface area contributed by atoms with Crippen molar-refractivity contribution in [3.8, 4) is 0 Å². The SMILES string of the molecule is O=C(CC[n+]1ccccc1)N1CCNCC1. The van der Waals surface area contributed by atoms with E-state index in [1.165, 1.54) is 0 Å². The third-order valence-electron chi connectivity index (χ3n) is 2.83. The highest BCUT2D eigenvalue weighted by Crippen LogP contribution is 1.96. The second-order valence-corrected chi connectivity index (χ2v) is 3.99. The molecular formula is C12H18N3O+. The summed E-state index contributed by atoms with van der Waals surface area (Å²) >= 11 is 0. The molecule has 4 nitrogen and oxygen atoms in total. The van der Waals surface area contributed by atoms with Crippen molar-refractivity contribution < 1.29 is 9.36 Å². The van der Waals surface area contributed by atoms with E-state index in [-0.39, 0.29) is 5.91 Å². The van der Waals surface area contributed by atoms with Gasteiger partial charge >= 0.3 is 0 Å². The van der Waals surface area contributed by atoms with Gasteiger partial charge in [-0.3, -0.25) is 4.79 Å². The van der Waals surface area contributed by atoms with Gasteiger partial charge in [0.25, 0.3) is 0 Å². The molecule has 0 bridgehead atoms. The summed E-state index contributed by atoms with van der Waals surface area (Å²) < 4.78 is 2.04. The maximum Gasteiger partial charge on any atom is 0.229 e. The Hall–Kier alpha value is -1.42. The molecule has 2 rings (SSSR count). The van der Waals surface area contributed by atoms with Crippen LogP contribution < -0.4 is 9.88 Å². The number of nitrogens with one attached hydrogen (secondary N) is 1. The lowest BCUT2D eigenvalue weighted by atomic mass is 10.3. The summed E-state index contributed by atoms with van der Waals surface area (Å²) in [5.41, 5.74) is 0. The smallest absolute Gasteiger partial charge is 0.229 e. The number of hydrogen-bond acceptors (Lipinski definition) is 2. The number of pyridine rings is 1. The summed E-state index contributed by atoms with van der Waals surface area (Å²) in [5, 5.41) is 3.24. The third-order valence-corrected chi connectivity index (χ3v) is 2.83. The quantitative estimate of drug-likeness (QED) is 0.716. The van der Waals surface area contributed by atoms with Gasteiger partial charge in [0.15, 0.2) is 18.9 Å². The Balaban J connectivity index is 1.79. The number of amides is 1. The standard InChI is InChI=1S/C12H18N3O/c16-12(15-10-5-13-6-11-15)4-9-14-7-2-1-3-8-14/h1-3,7-8,13H,4-6,9-11H2/q+1. The fourth-order valence-corrected chi connectivity index (χ4v) is 1.88. The first-order valence-corrected chi connectivity index (χ1v) is 5.79. The third kappa shape index (κ3) is 3.03. The van der Waals surface area contributed by atoms with E-state index < -0.39 is 0 Å². The Kier molecular flexibility index (Phi) is 3.88. The molecule has 0 atom stereocenters. The van der Waals surface area contributed by atoms with Crippen molar-refractivity contribution in [3.63, 3.8) is 0 Å². The predicted octanol–water partition coefficient (Wildman–Crippen LogP) is -0.204. The Morgan fingerprint density at radius 2 is 1.88 bits per heavy atom. The zero-order valence-corrected chi connectivity index (χ0v) is 9.43. The molecule has 0 spiro atoms. The molecule has 0 unspecified atom stereocenters. The summed E-state index contributed by atoms with van der Waals surface area (Å²) in [7, 11) is 0. The number of aromatic nitrogens is 1. The van der Waals surface area contributed by atoms with Crippen LogP contribution in [0.1, 0.15) is 6.42 Å². The van der Waals surface area contributed by atoms with E-state index in [0.29, 0.717) is 6.42 Å². The molecule has 1 aromatic heterocycles. The van der Waals surface area contributed by atoms with Gasteiger partial charge in [-0.25, -0.2) is 4.57 Å². The van der Waals surface area contributed by atoms with Gasteiger partial charge in [0.1, 0.15) is 0 Å². The molecule has 1 amide bonds. The van der Waals surface area contributed by atoms with E-state index >= 15 is 0 Å². The van der Waals surface area contributed by atoms with Crippen LogP contribution in [0.15, 0.2) is 30.6 Å². The number of carbonyl (C=O) groups excluding carboxylic acids is 1. The fraction of sp³-hybridized carbons (Fsp3) is 0.500. The molecule has 1 fully saturated rings. The second-order valence-electron chi connectivity index (χ2n) is 3.99. The lowest BCUT2D eigenvalue weighted by Gasteiger charge is -2.27. The molecule has 0 radical (unpaired) electrons. The summed E-state index contributed by atoms with van der Waals surface area (Å²) in [5.74, 6) is 0.262. The van der Waals surface area contributed by atoms with Crippen molar-refractivity contribution in [1.82, 2.24) is 10.2 Å². The van der Waals surface area contributed by atoms with Gasteiger partial charge < -0.3 is 10.2 Å². The fourth-order valence-electron chi connectivity index (χ4n) is 1.88. The summed E-state index contributed by atoms with van der Waals surface area (Å²) in [6.45, 7) is 4.30. The van der Waals surface area contributed by atoms with Crippen LogP contribution in [0.5, 0.6) is 0 Å². The molecule has 1 saturated heterocycles. The maximum absolute atomic E-state index is 11.9. The number of hydrogen-bond donors (Lipinski definition) is 1. The number of piperazine rings is 1. The van der Waals surface area contributed by atoms with E-state index in [0.717, 1.165) is 32.7 Å². The van der Waals surface area contributed by atoms with Gasteiger partial charge in [-0.2, -0.15) is 0 Å². The summed E-state index contributed by atoms with van der Waals surface area (Å²) in [6, 6.07) is 5.94. The molecule has 0 aliphatic carbocycles.